The maximum Gasteiger partial charge on any atom is 0.408 e. The molecule has 0 aliphatic rings. The molecule has 0 saturated heterocycles. The smallest absolute Gasteiger partial charge is 0.408 e. The van der Waals surface area contributed by atoms with E-state index in [-0.39, 0.29) is 11.8 Å². The van der Waals surface area contributed by atoms with Gasteiger partial charge in [0.05, 0.1) is 0 Å². The molecule has 0 heterocycles. The lowest BCUT2D eigenvalue weighted by molar-refractivity contribution is -0.138. The zero-order chi connectivity index (χ0) is 26.1. The topological polar surface area (TPSA) is 87.7 Å². The van der Waals surface area contributed by atoms with Crippen LogP contribution in [0, 0.1) is 32.2 Å². The molecule has 2 N–H and O–H groups in total. The Morgan fingerprint density at radius 3 is 2.29 bits per heavy atom. The molecule has 1 rings (SSSR count). The number of hydrogen-bond donors (Lipinski definition) is 2. The van der Waals surface area contributed by atoms with E-state index in [0.717, 1.165) is 28.9 Å². The van der Waals surface area contributed by atoms with Gasteiger partial charge in [-0.05, 0) is 70.1 Å². The zero-order valence-corrected chi connectivity index (χ0v) is 22.0. The van der Waals surface area contributed by atoms with E-state index < -0.39 is 29.7 Å². The summed E-state index contributed by atoms with van der Waals surface area (Å²) in [6.45, 7) is 15.5. The van der Waals surface area contributed by atoms with Gasteiger partial charge in [-0.3, -0.25) is 14.5 Å². The Morgan fingerprint density at radius 1 is 1.15 bits per heavy atom. The van der Waals surface area contributed by atoms with Crippen molar-refractivity contribution in [2.45, 2.75) is 92.3 Å². The van der Waals surface area contributed by atoms with Gasteiger partial charge in [-0.2, -0.15) is 0 Å². The lowest BCUT2D eigenvalue weighted by Crippen LogP contribution is -2.52. The highest BCUT2D eigenvalue weighted by molar-refractivity contribution is 5.93. The van der Waals surface area contributed by atoms with Gasteiger partial charge in [-0.1, -0.05) is 51.8 Å². The summed E-state index contributed by atoms with van der Waals surface area (Å²) in [5.74, 6) is -0.804. The maximum atomic E-state index is 13.6. The van der Waals surface area contributed by atoms with E-state index in [9.17, 15) is 14.4 Å². The first-order valence-electron chi connectivity index (χ1n) is 11.9. The van der Waals surface area contributed by atoms with Gasteiger partial charge in [0, 0.05) is 12.6 Å². The minimum atomic E-state index is -1.02. The Hall–Kier alpha value is -3.01. The van der Waals surface area contributed by atoms with Gasteiger partial charge in [-0.15, -0.1) is 0 Å². The standard InChI is InChI=1S/C27H41N3O4/c1-10-12-15-28-24(31)23(21-14-13-19(5)20(6)17-21)30(11-2)25(32)22(16-18(3)4)29-26(33)34-27(7,8)9/h2,13-14,17-18,22-23H,10,12,15-16H2,1,3-9H3,(H,28,31)(H,29,33). The van der Waals surface area contributed by atoms with E-state index in [1.165, 1.54) is 0 Å². The monoisotopic (exact) mass is 471 g/mol. The summed E-state index contributed by atoms with van der Waals surface area (Å²) >= 11 is 0. The van der Waals surface area contributed by atoms with Gasteiger partial charge in [0.15, 0.2) is 0 Å². The maximum absolute atomic E-state index is 13.6. The summed E-state index contributed by atoms with van der Waals surface area (Å²) in [7, 11) is 0. The molecule has 7 heteroatoms. The summed E-state index contributed by atoms with van der Waals surface area (Å²) in [4.78, 5) is 40.5. The second kappa shape index (κ2) is 13.0. The Labute approximate surface area is 205 Å². The molecule has 0 radical (unpaired) electrons. The normalized spacial score (nSPS) is 12.9. The number of carbonyl (C=O) groups excluding carboxylic acids is 3. The fraction of sp³-hybridized carbons (Fsp3) is 0.593. The van der Waals surface area contributed by atoms with Crippen molar-refractivity contribution in [2.75, 3.05) is 6.54 Å². The number of nitrogens with one attached hydrogen (secondary N) is 2. The molecule has 0 spiro atoms. The first kappa shape index (κ1) is 29.0. The number of aryl methyl sites for hydroxylation is 2. The van der Waals surface area contributed by atoms with Crippen LogP contribution < -0.4 is 10.6 Å². The quantitative estimate of drug-likeness (QED) is 0.296. The first-order valence-corrected chi connectivity index (χ1v) is 11.9. The summed E-state index contributed by atoms with van der Waals surface area (Å²) in [5.41, 5.74) is 1.95. The van der Waals surface area contributed by atoms with E-state index in [4.69, 9.17) is 11.2 Å². The molecule has 1 aromatic carbocycles. The molecule has 7 nitrogen and oxygen atoms in total. The zero-order valence-electron chi connectivity index (χ0n) is 22.0. The lowest BCUT2D eigenvalue weighted by Gasteiger charge is -2.31. The van der Waals surface area contributed by atoms with Crippen LogP contribution in [0.25, 0.3) is 0 Å². The number of ether oxygens (including phenoxy) is 1. The molecule has 3 amide bonds. The molecule has 0 aliphatic heterocycles. The second-order valence-corrected chi connectivity index (χ2v) is 10.1. The number of nitrogens with zero attached hydrogens (tertiary/aromatic N) is 1. The number of rotatable bonds is 10. The second-order valence-electron chi connectivity index (χ2n) is 10.1. The Kier molecular flexibility index (Phi) is 11.1. The van der Waals surface area contributed by atoms with Crippen LogP contribution in [0.1, 0.15) is 83.5 Å². The van der Waals surface area contributed by atoms with Crippen LogP contribution in [0.4, 0.5) is 4.79 Å². The van der Waals surface area contributed by atoms with E-state index in [1.54, 1.807) is 20.8 Å². The number of hydrogen-bond acceptors (Lipinski definition) is 4. The molecule has 0 aliphatic carbocycles. The van der Waals surface area contributed by atoms with Gasteiger partial charge in [-0.25, -0.2) is 4.79 Å². The Morgan fingerprint density at radius 2 is 1.79 bits per heavy atom. The van der Waals surface area contributed by atoms with Crippen LogP contribution in [0.15, 0.2) is 18.2 Å². The number of benzene rings is 1. The van der Waals surface area contributed by atoms with Gasteiger partial charge < -0.3 is 15.4 Å². The third kappa shape index (κ3) is 9.09. The van der Waals surface area contributed by atoms with Crippen LogP contribution in [0.2, 0.25) is 0 Å². The van der Waals surface area contributed by atoms with Crippen LogP contribution in [0.5, 0.6) is 0 Å². The molecular formula is C27H41N3O4. The van der Waals surface area contributed by atoms with E-state index in [2.05, 4.69) is 16.7 Å². The summed E-state index contributed by atoms with van der Waals surface area (Å²) < 4.78 is 5.35. The minimum Gasteiger partial charge on any atom is -0.444 e. The summed E-state index contributed by atoms with van der Waals surface area (Å²) in [6.07, 6.45) is 7.17. The fourth-order valence-corrected chi connectivity index (χ4v) is 3.41. The highest BCUT2D eigenvalue weighted by Crippen LogP contribution is 2.25. The van der Waals surface area contributed by atoms with Gasteiger partial charge >= 0.3 is 6.09 Å². The third-order valence-electron chi connectivity index (χ3n) is 5.26. The Bertz CT molecular complexity index is 896. The molecule has 0 aromatic heterocycles. The van der Waals surface area contributed by atoms with Gasteiger partial charge in [0.2, 0.25) is 5.91 Å². The van der Waals surface area contributed by atoms with Crippen LogP contribution in [0.3, 0.4) is 0 Å². The number of alkyl carbamates (subject to hydrolysis) is 1. The van der Waals surface area contributed by atoms with Crippen molar-refractivity contribution in [3.63, 3.8) is 0 Å². The highest BCUT2D eigenvalue weighted by atomic mass is 16.6. The number of terminal acetylenes is 1. The summed E-state index contributed by atoms with van der Waals surface area (Å²) in [6, 6.07) is 6.03. The predicted octanol–water partition coefficient (Wildman–Crippen LogP) is 4.62. The molecular weight excluding hydrogens is 430 g/mol. The molecule has 2 atom stereocenters. The van der Waals surface area contributed by atoms with Crippen LogP contribution in [-0.4, -0.2) is 41.0 Å². The number of amides is 3. The molecule has 2 unspecified atom stereocenters. The molecule has 0 bridgehead atoms. The fourth-order valence-electron chi connectivity index (χ4n) is 3.41. The van der Waals surface area contributed by atoms with Crippen LogP contribution >= 0.6 is 0 Å². The molecule has 0 fully saturated rings. The first-order chi connectivity index (χ1) is 15.8. The van der Waals surface area contributed by atoms with Crippen molar-refractivity contribution in [2.24, 2.45) is 5.92 Å². The average Bonchev–Trinajstić information content (AvgIpc) is 2.71. The van der Waals surface area contributed by atoms with Crippen molar-refractivity contribution in [3.05, 3.63) is 34.9 Å². The molecule has 188 valence electrons. The van der Waals surface area contributed by atoms with Gasteiger partial charge in [0.1, 0.15) is 17.7 Å². The SMILES string of the molecule is C#CN(C(=O)C(CC(C)C)NC(=O)OC(C)(C)C)C(C(=O)NCCCC)c1ccc(C)c(C)c1. The predicted molar refractivity (Wildman–Crippen MR) is 135 cm³/mol. The largest absolute Gasteiger partial charge is 0.444 e. The number of unbranched alkanes of at least 4 members (excludes halogenated alkanes) is 1. The number of carbonyl (C=O) groups is 3. The lowest BCUT2D eigenvalue weighted by atomic mass is 9.97. The van der Waals surface area contributed by atoms with Crippen molar-refractivity contribution in [1.82, 2.24) is 15.5 Å². The molecule has 0 saturated carbocycles. The van der Waals surface area contributed by atoms with Crippen molar-refractivity contribution in [1.29, 1.82) is 0 Å². The van der Waals surface area contributed by atoms with E-state index in [0.29, 0.717) is 18.5 Å². The van der Waals surface area contributed by atoms with E-state index in [1.807, 2.05) is 52.8 Å². The van der Waals surface area contributed by atoms with E-state index >= 15 is 0 Å². The summed E-state index contributed by atoms with van der Waals surface area (Å²) in [5, 5.41) is 5.55. The van der Waals surface area contributed by atoms with Crippen molar-refractivity contribution >= 4 is 17.9 Å². The average molecular weight is 472 g/mol. The van der Waals surface area contributed by atoms with Crippen LogP contribution in [-0.2, 0) is 14.3 Å². The highest BCUT2D eigenvalue weighted by Gasteiger charge is 2.36. The third-order valence-corrected chi connectivity index (χ3v) is 5.26. The molecule has 34 heavy (non-hydrogen) atoms. The Balaban J connectivity index is 3.37. The molecule has 1 aromatic rings. The van der Waals surface area contributed by atoms with Crippen molar-refractivity contribution < 1.29 is 19.1 Å². The van der Waals surface area contributed by atoms with Gasteiger partial charge in [0.25, 0.3) is 5.91 Å². The van der Waals surface area contributed by atoms with Crippen molar-refractivity contribution in [3.8, 4) is 12.5 Å². The minimum absolute atomic E-state index is 0.0851.